The summed E-state index contributed by atoms with van der Waals surface area (Å²) in [4.78, 5) is 16.4. The molecule has 2 heterocycles. The summed E-state index contributed by atoms with van der Waals surface area (Å²) in [7, 11) is 0. The lowest BCUT2D eigenvalue weighted by atomic mass is 10.2. The smallest absolute Gasteiger partial charge is 0.348 e. The van der Waals surface area contributed by atoms with Gasteiger partial charge in [-0.1, -0.05) is 36.4 Å². The van der Waals surface area contributed by atoms with Gasteiger partial charge in [-0.15, -0.1) is 0 Å². The van der Waals surface area contributed by atoms with Crippen molar-refractivity contribution in [2.24, 2.45) is 4.99 Å². The fourth-order valence-electron chi connectivity index (χ4n) is 2.77. The molecule has 6 nitrogen and oxygen atoms in total. The average Bonchev–Trinajstić information content (AvgIpc) is 3.32. The molecule has 0 fully saturated rings. The van der Waals surface area contributed by atoms with E-state index in [1.54, 1.807) is 29.2 Å². The third kappa shape index (κ3) is 3.46. The SMILES string of the molecule is Cc1c(-c2ccco2)n(-c2ccccc2)o/c1=N/C(=O)Nc1ccccc1. The monoisotopic (exact) mass is 359 g/mol. The maximum absolute atomic E-state index is 12.3. The summed E-state index contributed by atoms with van der Waals surface area (Å²) in [5.74, 6) is 0.630. The standard InChI is InChI=1S/C21H17N3O3/c1-15-19(18-13-8-14-26-18)24(17-11-6-3-7-12-17)27-20(15)23-21(25)22-16-9-4-2-5-10-16/h2-14H,1H3,(H,22,25)/b23-20+. The lowest BCUT2D eigenvalue weighted by molar-refractivity contribution is 0.255. The molecular weight excluding hydrogens is 342 g/mol. The first kappa shape index (κ1) is 16.7. The minimum Gasteiger partial charge on any atom is -0.463 e. The van der Waals surface area contributed by atoms with Crippen molar-refractivity contribution in [1.82, 2.24) is 4.74 Å². The van der Waals surface area contributed by atoms with Crippen molar-refractivity contribution in [3.63, 3.8) is 0 Å². The summed E-state index contributed by atoms with van der Waals surface area (Å²) >= 11 is 0. The molecule has 0 aliphatic heterocycles. The highest BCUT2D eigenvalue weighted by atomic mass is 16.5. The predicted octanol–water partition coefficient (Wildman–Crippen LogP) is 4.77. The first-order valence-corrected chi connectivity index (χ1v) is 8.45. The number of hydrogen-bond donors (Lipinski definition) is 1. The van der Waals surface area contributed by atoms with Crippen molar-refractivity contribution in [1.29, 1.82) is 0 Å². The Hall–Kier alpha value is -3.80. The fraction of sp³-hybridized carbons (Fsp3) is 0.0476. The molecule has 6 heteroatoms. The fourth-order valence-corrected chi connectivity index (χ4v) is 2.77. The van der Waals surface area contributed by atoms with E-state index in [-0.39, 0.29) is 5.55 Å². The van der Waals surface area contributed by atoms with Crippen LogP contribution in [-0.4, -0.2) is 10.8 Å². The number of para-hydroxylation sites is 2. The van der Waals surface area contributed by atoms with E-state index in [2.05, 4.69) is 10.3 Å². The molecule has 1 N–H and O–H groups in total. The van der Waals surface area contributed by atoms with Crippen LogP contribution in [-0.2, 0) is 0 Å². The highest BCUT2D eigenvalue weighted by molar-refractivity contribution is 5.89. The van der Waals surface area contributed by atoms with Gasteiger partial charge < -0.3 is 14.3 Å². The molecule has 2 aromatic heterocycles. The maximum Gasteiger partial charge on any atom is 0.348 e. The number of benzene rings is 2. The van der Waals surface area contributed by atoms with Gasteiger partial charge in [0.25, 0.3) is 5.55 Å². The van der Waals surface area contributed by atoms with Crippen molar-refractivity contribution in [2.75, 3.05) is 5.32 Å². The Bertz CT molecular complexity index is 1110. The average molecular weight is 359 g/mol. The Morgan fingerprint density at radius 2 is 1.67 bits per heavy atom. The van der Waals surface area contributed by atoms with E-state index in [1.165, 1.54) is 0 Å². The molecule has 0 radical (unpaired) electrons. The number of rotatable bonds is 3. The molecule has 2 amide bonds. The third-order valence-electron chi connectivity index (χ3n) is 4.03. The summed E-state index contributed by atoms with van der Waals surface area (Å²) in [5.41, 5.74) is 3.10. The number of urea groups is 1. The van der Waals surface area contributed by atoms with Gasteiger partial charge in [-0.2, -0.15) is 9.73 Å². The predicted molar refractivity (Wildman–Crippen MR) is 101 cm³/mol. The van der Waals surface area contributed by atoms with Gasteiger partial charge in [0, 0.05) is 11.3 Å². The number of amides is 2. The van der Waals surface area contributed by atoms with Crippen LogP contribution >= 0.6 is 0 Å². The quantitative estimate of drug-likeness (QED) is 0.572. The Morgan fingerprint density at radius 1 is 0.963 bits per heavy atom. The first-order valence-electron chi connectivity index (χ1n) is 8.45. The topological polar surface area (TPSA) is 72.7 Å². The number of nitrogens with zero attached hydrogens (tertiary/aromatic N) is 2. The van der Waals surface area contributed by atoms with Gasteiger partial charge in [0.2, 0.25) is 0 Å². The van der Waals surface area contributed by atoms with Crippen molar-refractivity contribution in [3.8, 4) is 17.1 Å². The zero-order valence-corrected chi connectivity index (χ0v) is 14.6. The van der Waals surface area contributed by atoms with E-state index >= 15 is 0 Å². The lowest BCUT2D eigenvalue weighted by Crippen LogP contribution is -2.12. The highest BCUT2D eigenvalue weighted by Crippen LogP contribution is 2.25. The Labute approximate surface area is 155 Å². The lowest BCUT2D eigenvalue weighted by Gasteiger charge is -2.04. The van der Waals surface area contributed by atoms with Crippen LogP contribution < -0.4 is 10.9 Å². The van der Waals surface area contributed by atoms with Crippen LogP contribution in [0.5, 0.6) is 0 Å². The van der Waals surface area contributed by atoms with Gasteiger partial charge in [-0.05, 0) is 43.3 Å². The molecule has 2 aromatic carbocycles. The Kier molecular flexibility index (Phi) is 4.45. The van der Waals surface area contributed by atoms with E-state index in [0.717, 1.165) is 5.69 Å². The van der Waals surface area contributed by atoms with E-state index in [9.17, 15) is 4.79 Å². The van der Waals surface area contributed by atoms with Crippen molar-refractivity contribution < 1.29 is 13.7 Å². The van der Waals surface area contributed by atoms with Crippen LogP contribution in [0, 0.1) is 6.92 Å². The number of furan rings is 1. The van der Waals surface area contributed by atoms with Crippen LogP contribution in [0.4, 0.5) is 10.5 Å². The number of nitrogens with one attached hydrogen (secondary N) is 1. The van der Waals surface area contributed by atoms with E-state index in [0.29, 0.717) is 22.7 Å². The normalized spacial score (nSPS) is 11.5. The molecule has 0 aliphatic rings. The van der Waals surface area contributed by atoms with E-state index in [1.807, 2.05) is 61.5 Å². The number of carbonyl (C=O) groups is 1. The minimum absolute atomic E-state index is 0.221. The van der Waals surface area contributed by atoms with E-state index < -0.39 is 6.03 Å². The Morgan fingerprint density at radius 3 is 2.33 bits per heavy atom. The van der Waals surface area contributed by atoms with Gasteiger partial charge in [0.15, 0.2) is 5.76 Å². The van der Waals surface area contributed by atoms with Gasteiger partial charge in [0.05, 0.1) is 12.0 Å². The molecule has 134 valence electrons. The second kappa shape index (κ2) is 7.21. The molecule has 0 unspecified atom stereocenters. The first-order chi connectivity index (χ1) is 13.2. The molecule has 4 aromatic rings. The Balaban J connectivity index is 1.79. The summed E-state index contributed by atoms with van der Waals surface area (Å²) in [6.07, 6.45) is 1.59. The van der Waals surface area contributed by atoms with Crippen LogP contribution in [0.3, 0.4) is 0 Å². The van der Waals surface area contributed by atoms with Crippen LogP contribution in [0.1, 0.15) is 5.56 Å². The van der Waals surface area contributed by atoms with Crippen molar-refractivity contribution in [2.45, 2.75) is 6.92 Å². The second-order valence-electron chi connectivity index (χ2n) is 5.89. The second-order valence-corrected chi connectivity index (χ2v) is 5.89. The van der Waals surface area contributed by atoms with Crippen LogP contribution in [0.25, 0.3) is 17.1 Å². The molecule has 4 rings (SSSR count). The van der Waals surface area contributed by atoms with Crippen LogP contribution in [0.15, 0.2) is 93.0 Å². The number of anilines is 1. The number of aromatic nitrogens is 1. The van der Waals surface area contributed by atoms with Gasteiger partial charge >= 0.3 is 6.03 Å². The minimum atomic E-state index is -0.510. The summed E-state index contributed by atoms with van der Waals surface area (Å²) < 4.78 is 13.1. The van der Waals surface area contributed by atoms with Crippen molar-refractivity contribution >= 4 is 11.7 Å². The van der Waals surface area contributed by atoms with E-state index in [4.69, 9.17) is 8.94 Å². The zero-order valence-electron chi connectivity index (χ0n) is 14.6. The molecule has 0 spiro atoms. The molecular formula is C21H17N3O3. The zero-order chi connectivity index (χ0) is 18.6. The summed E-state index contributed by atoms with van der Waals surface area (Å²) in [6.45, 7) is 1.84. The molecule has 27 heavy (non-hydrogen) atoms. The molecule has 0 atom stereocenters. The number of carbonyl (C=O) groups excluding carboxylic acids is 1. The third-order valence-corrected chi connectivity index (χ3v) is 4.03. The molecule has 0 saturated heterocycles. The highest BCUT2D eigenvalue weighted by Gasteiger charge is 2.18. The molecule has 0 saturated carbocycles. The molecule has 0 aliphatic carbocycles. The van der Waals surface area contributed by atoms with Gasteiger partial charge in [-0.3, -0.25) is 0 Å². The largest absolute Gasteiger partial charge is 0.463 e. The number of hydrogen-bond acceptors (Lipinski definition) is 3. The van der Waals surface area contributed by atoms with Gasteiger partial charge in [-0.25, -0.2) is 4.79 Å². The summed E-state index contributed by atoms with van der Waals surface area (Å²) in [6, 6.07) is 21.8. The summed E-state index contributed by atoms with van der Waals surface area (Å²) in [5, 5.41) is 2.72. The van der Waals surface area contributed by atoms with Crippen molar-refractivity contribution in [3.05, 3.63) is 90.2 Å². The van der Waals surface area contributed by atoms with Crippen LogP contribution in [0.2, 0.25) is 0 Å². The molecule has 0 bridgehead atoms. The van der Waals surface area contributed by atoms with Gasteiger partial charge in [0.1, 0.15) is 5.69 Å². The maximum atomic E-state index is 12.3.